The van der Waals surface area contributed by atoms with E-state index < -0.39 is 5.60 Å². The summed E-state index contributed by atoms with van der Waals surface area (Å²) in [6.45, 7) is 9.25. The van der Waals surface area contributed by atoms with Crippen molar-refractivity contribution in [3.63, 3.8) is 0 Å². The molecular formula is C12H24N4O. The fourth-order valence-electron chi connectivity index (χ4n) is 1.85. The molecule has 0 amide bonds. The van der Waals surface area contributed by atoms with Crippen LogP contribution < -0.4 is 5.73 Å². The van der Waals surface area contributed by atoms with E-state index in [2.05, 4.69) is 16.9 Å². The van der Waals surface area contributed by atoms with Crippen LogP contribution in [0, 0.1) is 0 Å². The Morgan fingerprint density at radius 2 is 2.24 bits per heavy atom. The van der Waals surface area contributed by atoms with Crippen LogP contribution in [0.1, 0.15) is 27.2 Å². The van der Waals surface area contributed by atoms with Gasteiger partial charge in [-0.1, -0.05) is 6.92 Å². The van der Waals surface area contributed by atoms with E-state index in [0.717, 1.165) is 26.1 Å². The Kier molecular flexibility index (Phi) is 4.96. The lowest BCUT2D eigenvalue weighted by Gasteiger charge is -2.27. The molecule has 0 saturated heterocycles. The molecule has 0 aliphatic heterocycles. The molecule has 0 atom stereocenters. The lowest BCUT2D eigenvalue weighted by Crippen LogP contribution is -2.39. The Bertz CT molecular complexity index is 329. The van der Waals surface area contributed by atoms with Crippen LogP contribution in [0.25, 0.3) is 0 Å². The summed E-state index contributed by atoms with van der Waals surface area (Å²) in [6, 6.07) is 1.80. The Hall–Kier alpha value is -1.07. The molecule has 0 aliphatic rings. The highest BCUT2D eigenvalue weighted by molar-refractivity contribution is 5.23. The van der Waals surface area contributed by atoms with Crippen LogP contribution in [0.15, 0.2) is 12.3 Å². The molecule has 5 heteroatoms. The van der Waals surface area contributed by atoms with Crippen LogP contribution in [0.5, 0.6) is 0 Å². The molecule has 1 aromatic rings. The van der Waals surface area contributed by atoms with Gasteiger partial charge in [-0.25, -0.2) is 0 Å². The minimum absolute atomic E-state index is 0.564. The third-order valence-electron chi connectivity index (χ3n) is 2.58. The molecule has 0 unspecified atom stereocenters. The van der Waals surface area contributed by atoms with Crippen LogP contribution in [-0.4, -0.2) is 45.0 Å². The summed E-state index contributed by atoms with van der Waals surface area (Å²) in [5.41, 5.74) is 4.91. The van der Waals surface area contributed by atoms with Crippen molar-refractivity contribution in [3.05, 3.63) is 12.3 Å². The van der Waals surface area contributed by atoms with Gasteiger partial charge in [0.2, 0.25) is 0 Å². The van der Waals surface area contributed by atoms with E-state index >= 15 is 0 Å². The van der Waals surface area contributed by atoms with Crippen molar-refractivity contribution in [2.24, 2.45) is 0 Å². The molecule has 5 nitrogen and oxygen atoms in total. The van der Waals surface area contributed by atoms with Gasteiger partial charge in [0.25, 0.3) is 0 Å². The SMILES string of the molecule is CCN(CCCn1ccc(N)n1)CC(C)(C)O. The number of hydrogen-bond donors (Lipinski definition) is 2. The topological polar surface area (TPSA) is 67.3 Å². The average Bonchev–Trinajstić information content (AvgIpc) is 2.61. The standard InChI is InChI=1S/C12H24N4O/c1-4-15(10-12(2,3)17)7-5-8-16-9-6-11(13)14-16/h6,9,17H,4-5,7-8,10H2,1-3H3,(H2,13,14). The van der Waals surface area contributed by atoms with Crippen molar-refractivity contribution in [2.45, 2.75) is 39.3 Å². The number of likely N-dealkylation sites (N-methyl/N-ethyl adjacent to an activating group) is 1. The second kappa shape index (κ2) is 6.02. The van der Waals surface area contributed by atoms with Gasteiger partial charge in [-0.15, -0.1) is 0 Å². The average molecular weight is 240 g/mol. The molecule has 0 radical (unpaired) electrons. The number of nitrogens with zero attached hydrogens (tertiary/aromatic N) is 3. The molecule has 0 aromatic carbocycles. The summed E-state index contributed by atoms with van der Waals surface area (Å²) in [5, 5.41) is 13.9. The zero-order chi connectivity index (χ0) is 12.9. The molecule has 1 rings (SSSR count). The Labute approximate surface area is 103 Å². The molecule has 3 N–H and O–H groups in total. The molecule has 0 aliphatic carbocycles. The number of anilines is 1. The zero-order valence-electron chi connectivity index (χ0n) is 11.1. The summed E-state index contributed by atoms with van der Waals surface area (Å²) in [5.74, 6) is 0.564. The maximum Gasteiger partial charge on any atom is 0.145 e. The van der Waals surface area contributed by atoms with Gasteiger partial charge in [-0.05, 0) is 32.9 Å². The number of rotatable bonds is 7. The van der Waals surface area contributed by atoms with Crippen LogP contribution in [-0.2, 0) is 6.54 Å². The predicted molar refractivity (Wildman–Crippen MR) is 69.7 cm³/mol. The minimum Gasteiger partial charge on any atom is -0.389 e. The maximum absolute atomic E-state index is 9.76. The van der Waals surface area contributed by atoms with Crippen LogP contribution in [0.3, 0.4) is 0 Å². The van der Waals surface area contributed by atoms with E-state index in [1.165, 1.54) is 0 Å². The van der Waals surface area contributed by atoms with Gasteiger partial charge in [0.05, 0.1) is 5.60 Å². The zero-order valence-corrected chi connectivity index (χ0v) is 11.1. The van der Waals surface area contributed by atoms with Gasteiger partial charge in [0.1, 0.15) is 5.82 Å². The molecule has 0 fully saturated rings. The second-order valence-electron chi connectivity index (χ2n) is 5.04. The van der Waals surface area contributed by atoms with Crippen molar-refractivity contribution >= 4 is 5.82 Å². The summed E-state index contributed by atoms with van der Waals surface area (Å²) < 4.78 is 1.85. The first-order valence-corrected chi connectivity index (χ1v) is 6.14. The lowest BCUT2D eigenvalue weighted by atomic mass is 10.1. The molecule has 1 heterocycles. The van der Waals surface area contributed by atoms with Crippen molar-refractivity contribution in [3.8, 4) is 0 Å². The van der Waals surface area contributed by atoms with Crippen molar-refractivity contribution in [2.75, 3.05) is 25.4 Å². The molecule has 0 saturated carbocycles. The highest BCUT2D eigenvalue weighted by Crippen LogP contribution is 2.06. The first kappa shape index (κ1) is 14.0. The van der Waals surface area contributed by atoms with Gasteiger partial charge < -0.3 is 15.7 Å². The molecule has 0 spiro atoms. The molecular weight excluding hydrogens is 216 g/mol. The monoisotopic (exact) mass is 240 g/mol. The Balaban J connectivity index is 2.28. The van der Waals surface area contributed by atoms with Gasteiger partial charge in [-0.2, -0.15) is 5.10 Å². The minimum atomic E-state index is -0.633. The fourth-order valence-corrected chi connectivity index (χ4v) is 1.85. The molecule has 98 valence electrons. The van der Waals surface area contributed by atoms with Crippen molar-refractivity contribution < 1.29 is 5.11 Å². The largest absolute Gasteiger partial charge is 0.389 e. The summed E-state index contributed by atoms with van der Waals surface area (Å²) >= 11 is 0. The first-order chi connectivity index (χ1) is 7.90. The van der Waals surface area contributed by atoms with Gasteiger partial charge in [-0.3, -0.25) is 4.68 Å². The smallest absolute Gasteiger partial charge is 0.145 e. The number of nitrogen functional groups attached to an aromatic ring is 1. The number of nitrogens with two attached hydrogens (primary N) is 1. The summed E-state index contributed by atoms with van der Waals surface area (Å²) in [6.07, 6.45) is 2.90. The predicted octanol–water partition coefficient (Wildman–Crippen LogP) is 0.948. The van der Waals surface area contributed by atoms with Crippen molar-refractivity contribution in [1.29, 1.82) is 0 Å². The Morgan fingerprint density at radius 3 is 2.71 bits per heavy atom. The van der Waals surface area contributed by atoms with Gasteiger partial charge >= 0.3 is 0 Å². The van der Waals surface area contributed by atoms with E-state index in [-0.39, 0.29) is 0 Å². The summed E-state index contributed by atoms with van der Waals surface area (Å²) in [7, 11) is 0. The van der Waals surface area contributed by atoms with E-state index in [0.29, 0.717) is 12.4 Å². The second-order valence-corrected chi connectivity index (χ2v) is 5.04. The highest BCUT2D eigenvalue weighted by Gasteiger charge is 2.16. The summed E-state index contributed by atoms with van der Waals surface area (Å²) in [4.78, 5) is 2.24. The first-order valence-electron chi connectivity index (χ1n) is 6.14. The third-order valence-corrected chi connectivity index (χ3v) is 2.58. The van der Waals surface area contributed by atoms with Crippen LogP contribution >= 0.6 is 0 Å². The van der Waals surface area contributed by atoms with Crippen LogP contribution in [0.2, 0.25) is 0 Å². The quantitative estimate of drug-likeness (QED) is 0.744. The number of aliphatic hydroxyl groups is 1. The number of aromatic nitrogens is 2. The van der Waals surface area contributed by atoms with E-state index in [1.54, 1.807) is 6.07 Å². The van der Waals surface area contributed by atoms with Crippen molar-refractivity contribution in [1.82, 2.24) is 14.7 Å². The normalized spacial score (nSPS) is 12.3. The lowest BCUT2D eigenvalue weighted by molar-refractivity contribution is 0.0371. The molecule has 17 heavy (non-hydrogen) atoms. The maximum atomic E-state index is 9.76. The van der Waals surface area contributed by atoms with E-state index in [9.17, 15) is 5.11 Å². The van der Waals surface area contributed by atoms with Gasteiger partial charge in [0, 0.05) is 25.8 Å². The third kappa shape index (κ3) is 5.70. The molecule has 1 aromatic heterocycles. The fraction of sp³-hybridized carbons (Fsp3) is 0.750. The molecule has 0 bridgehead atoms. The van der Waals surface area contributed by atoms with Crippen LogP contribution in [0.4, 0.5) is 5.82 Å². The highest BCUT2D eigenvalue weighted by atomic mass is 16.3. The van der Waals surface area contributed by atoms with E-state index in [4.69, 9.17) is 5.73 Å². The number of hydrogen-bond acceptors (Lipinski definition) is 4. The van der Waals surface area contributed by atoms with Gasteiger partial charge in [0.15, 0.2) is 0 Å². The van der Waals surface area contributed by atoms with E-state index in [1.807, 2.05) is 24.7 Å². The Morgan fingerprint density at radius 1 is 1.53 bits per heavy atom. The number of aryl methyl sites for hydroxylation is 1.